The maximum absolute atomic E-state index is 9.91. The summed E-state index contributed by atoms with van der Waals surface area (Å²) < 4.78 is 2.00. The Morgan fingerprint density at radius 3 is 2.62 bits per heavy atom. The predicted molar refractivity (Wildman–Crippen MR) is 97.3 cm³/mol. The van der Waals surface area contributed by atoms with Crippen LogP contribution in [0.1, 0.15) is 50.8 Å². The third-order valence-electron chi connectivity index (χ3n) is 5.01. The third-order valence-corrected chi connectivity index (χ3v) is 5.01. The second-order valence-electron chi connectivity index (χ2n) is 7.35. The molecule has 2 aromatic rings. The molecule has 2 atom stereocenters. The van der Waals surface area contributed by atoms with Crippen LogP contribution in [0.25, 0.3) is 5.69 Å². The van der Waals surface area contributed by atoms with Gasteiger partial charge in [0.05, 0.1) is 17.5 Å². The van der Waals surface area contributed by atoms with Crippen LogP contribution in [0.2, 0.25) is 0 Å². The molecule has 1 saturated heterocycles. The van der Waals surface area contributed by atoms with Gasteiger partial charge in [0.25, 0.3) is 0 Å². The van der Waals surface area contributed by atoms with E-state index in [0.717, 1.165) is 31.7 Å². The minimum Gasteiger partial charge on any atom is -0.393 e. The Morgan fingerprint density at radius 1 is 1.21 bits per heavy atom. The molecule has 0 saturated carbocycles. The van der Waals surface area contributed by atoms with Crippen LogP contribution < -0.4 is 0 Å². The van der Waals surface area contributed by atoms with Crippen LogP contribution >= 0.6 is 0 Å². The van der Waals surface area contributed by atoms with E-state index in [2.05, 4.69) is 37.1 Å². The summed E-state index contributed by atoms with van der Waals surface area (Å²) in [6.45, 7) is 9.33. The molecule has 1 aromatic carbocycles. The molecule has 0 amide bonds. The normalized spacial score (nSPS) is 20.5. The van der Waals surface area contributed by atoms with Gasteiger partial charge in [0.2, 0.25) is 0 Å². The van der Waals surface area contributed by atoms with Crippen molar-refractivity contribution in [2.75, 3.05) is 13.1 Å². The van der Waals surface area contributed by atoms with Crippen LogP contribution in [0, 0.1) is 5.92 Å². The number of aliphatic hydroxyl groups excluding tert-OH is 1. The summed E-state index contributed by atoms with van der Waals surface area (Å²) in [6.07, 6.45) is 4.26. The van der Waals surface area contributed by atoms with E-state index in [4.69, 9.17) is 5.10 Å². The number of hydrogen-bond donors (Lipinski definition) is 1. The van der Waals surface area contributed by atoms with Crippen molar-refractivity contribution >= 4 is 0 Å². The van der Waals surface area contributed by atoms with Gasteiger partial charge in [-0.25, -0.2) is 4.68 Å². The van der Waals surface area contributed by atoms with E-state index >= 15 is 0 Å². The summed E-state index contributed by atoms with van der Waals surface area (Å²) >= 11 is 0. The second-order valence-corrected chi connectivity index (χ2v) is 7.35. The third kappa shape index (κ3) is 3.87. The Hall–Kier alpha value is -1.65. The van der Waals surface area contributed by atoms with E-state index in [9.17, 15) is 5.11 Å². The Balaban J connectivity index is 1.80. The summed E-state index contributed by atoms with van der Waals surface area (Å²) in [4.78, 5) is 2.47. The minimum absolute atomic E-state index is 0.218. The minimum atomic E-state index is -0.218. The van der Waals surface area contributed by atoms with Crippen molar-refractivity contribution in [2.45, 2.75) is 52.2 Å². The summed E-state index contributed by atoms with van der Waals surface area (Å²) in [6, 6.07) is 10.3. The van der Waals surface area contributed by atoms with Crippen LogP contribution in [0.3, 0.4) is 0 Å². The highest BCUT2D eigenvalue weighted by Crippen LogP contribution is 2.25. The molecule has 0 radical (unpaired) electrons. The number of benzene rings is 1. The molecular formula is C20H29N3O. The van der Waals surface area contributed by atoms with Crippen molar-refractivity contribution in [2.24, 2.45) is 5.92 Å². The van der Waals surface area contributed by atoms with Gasteiger partial charge >= 0.3 is 0 Å². The van der Waals surface area contributed by atoms with Gasteiger partial charge in [-0.15, -0.1) is 0 Å². The number of hydrogen-bond acceptors (Lipinski definition) is 3. The lowest BCUT2D eigenvalue weighted by Crippen LogP contribution is -2.39. The molecule has 3 rings (SSSR count). The number of piperidine rings is 1. The van der Waals surface area contributed by atoms with Gasteiger partial charge in [-0.2, -0.15) is 5.10 Å². The molecule has 130 valence electrons. The van der Waals surface area contributed by atoms with Gasteiger partial charge in [-0.1, -0.05) is 32.0 Å². The molecule has 1 fully saturated rings. The molecular weight excluding hydrogens is 298 g/mol. The molecule has 0 aliphatic carbocycles. The van der Waals surface area contributed by atoms with Gasteiger partial charge < -0.3 is 5.11 Å². The van der Waals surface area contributed by atoms with Crippen LogP contribution in [0.5, 0.6) is 0 Å². The zero-order valence-electron chi connectivity index (χ0n) is 15.0. The summed E-state index contributed by atoms with van der Waals surface area (Å²) in [5.74, 6) is 0.799. The van der Waals surface area contributed by atoms with Crippen LogP contribution in [-0.2, 0) is 6.54 Å². The standard InChI is InChI=1S/C20H29N3O/c1-15(2)20-18(13-22-11-7-8-17(12-22)16(3)24)14-23(21-20)19-9-5-4-6-10-19/h4-6,9-10,14-17,24H,7-8,11-13H2,1-3H3/t16-,17-/m1/s1. The molecule has 4 heteroatoms. The van der Waals surface area contributed by atoms with Crippen molar-refractivity contribution in [3.8, 4) is 5.69 Å². The van der Waals surface area contributed by atoms with Crippen LogP contribution in [0.15, 0.2) is 36.5 Å². The molecule has 0 unspecified atom stereocenters. The number of aromatic nitrogens is 2. The van der Waals surface area contributed by atoms with E-state index in [1.54, 1.807) is 0 Å². The first-order valence-electron chi connectivity index (χ1n) is 9.09. The quantitative estimate of drug-likeness (QED) is 0.912. The van der Waals surface area contributed by atoms with Crippen molar-refractivity contribution in [1.29, 1.82) is 0 Å². The average Bonchev–Trinajstić information content (AvgIpc) is 3.00. The second kappa shape index (κ2) is 7.49. The van der Waals surface area contributed by atoms with E-state index < -0.39 is 0 Å². The van der Waals surface area contributed by atoms with Gasteiger partial charge in [-0.3, -0.25) is 4.90 Å². The van der Waals surface area contributed by atoms with Crippen molar-refractivity contribution < 1.29 is 5.11 Å². The lowest BCUT2D eigenvalue weighted by molar-refractivity contribution is 0.0598. The first kappa shape index (κ1) is 17.2. The lowest BCUT2D eigenvalue weighted by Gasteiger charge is -2.34. The van der Waals surface area contributed by atoms with Crippen LogP contribution in [0.4, 0.5) is 0 Å². The van der Waals surface area contributed by atoms with Crippen molar-refractivity contribution in [1.82, 2.24) is 14.7 Å². The highest BCUT2D eigenvalue weighted by atomic mass is 16.3. The van der Waals surface area contributed by atoms with E-state index in [1.807, 2.05) is 29.8 Å². The number of aliphatic hydroxyl groups is 1. The monoisotopic (exact) mass is 327 g/mol. The summed E-state index contributed by atoms with van der Waals surface area (Å²) in [5.41, 5.74) is 3.59. The molecule has 0 bridgehead atoms. The van der Waals surface area contributed by atoms with Gasteiger partial charge in [0.15, 0.2) is 0 Å². The first-order chi connectivity index (χ1) is 11.5. The molecule has 1 aromatic heterocycles. The summed E-state index contributed by atoms with van der Waals surface area (Å²) in [5, 5.41) is 14.8. The fourth-order valence-electron chi connectivity index (χ4n) is 3.61. The number of likely N-dealkylation sites (tertiary alicyclic amines) is 1. The fourth-order valence-corrected chi connectivity index (χ4v) is 3.61. The number of para-hydroxylation sites is 1. The molecule has 4 nitrogen and oxygen atoms in total. The maximum Gasteiger partial charge on any atom is 0.0699 e. The highest BCUT2D eigenvalue weighted by Gasteiger charge is 2.25. The first-order valence-corrected chi connectivity index (χ1v) is 9.09. The smallest absolute Gasteiger partial charge is 0.0699 e. The molecule has 0 spiro atoms. The molecule has 1 N–H and O–H groups in total. The lowest BCUT2D eigenvalue weighted by atomic mass is 9.93. The number of rotatable bonds is 5. The predicted octanol–water partition coefficient (Wildman–Crippen LogP) is 3.59. The van der Waals surface area contributed by atoms with E-state index in [-0.39, 0.29) is 6.10 Å². The molecule has 1 aliphatic rings. The Labute approximate surface area is 145 Å². The zero-order chi connectivity index (χ0) is 17.1. The molecule has 2 heterocycles. The van der Waals surface area contributed by atoms with Gasteiger partial charge in [-0.05, 0) is 50.3 Å². The highest BCUT2D eigenvalue weighted by molar-refractivity contribution is 5.33. The fraction of sp³-hybridized carbons (Fsp3) is 0.550. The molecule has 24 heavy (non-hydrogen) atoms. The van der Waals surface area contributed by atoms with Crippen molar-refractivity contribution in [3.05, 3.63) is 47.8 Å². The average molecular weight is 327 g/mol. The van der Waals surface area contributed by atoms with Gasteiger partial charge in [0, 0.05) is 24.8 Å². The topological polar surface area (TPSA) is 41.3 Å². The van der Waals surface area contributed by atoms with E-state index in [1.165, 1.54) is 17.7 Å². The zero-order valence-corrected chi connectivity index (χ0v) is 15.0. The Bertz CT molecular complexity index is 648. The SMILES string of the molecule is CC(C)c1nn(-c2ccccc2)cc1CN1CCC[C@@H]([C@@H](C)O)C1. The number of nitrogens with zero attached hydrogens (tertiary/aromatic N) is 3. The van der Waals surface area contributed by atoms with E-state index in [0.29, 0.717) is 11.8 Å². The van der Waals surface area contributed by atoms with Crippen molar-refractivity contribution in [3.63, 3.8) is 0 Å². The van der Waals surface area contributed by atoms with Crippen LogP contribution in [-0.4, -0.2) is 39.0 Å². The Morgan fingerprint density at radius 2 is 1.96 bits per heavy atom. The summed E-state index contributed by atoms with van der Waals surface area (Å²) in [7, 11) is 0. The largest absolute Gasteiger partial charge is 0.393 e. The van der Waals surface area contributed by atoms with Gasteiger partial charge in [0.1, 0.15) is 0 Å². The Kier molecular flexibility index (Phi) is 5.36. The maximum atomic E-state index is 9.91. The molecule has 1 aliphatic heterocycles.